The van der Waals surface area contributed by atoms with E-state index in [2.05, 4.69) is 15.3 Å². The molecule has 0 saturated heterocycles. The zero-order valence-electron chi connectivity index (χ0n) is 10.2. The third-order valence-electron chi connectivity index (χ3n) is 2.72. The first-order valence-corrected chi connectivity index (χ1v) is 5.72. The molecule has 2 aromatic rings. The topological polar surface area (TPSA) is 63.8 Å². The highest BCUT2D eigenvalue weighted by atomic mass is 19.1. The Morgan fingerprint density at radius 1 is 1.28 bits per heavy atom. The molecule has 18 heavy (non-hydrogen) atoms. The Morgan fingerprint density at radius 3 is 2.78 bits per heavy atom. The number of nitrogens with two attached hydrogens (primary N) is 1. The van der Waals surface area contributed by atoms with E-state index in [0.717, 1.165) is 17.5 Å². The van der Waals surface area contributed by atoms with Gasteiger partial charge in [0.2, 0.25) is 0 Å². The van der Waals surface area contributed by atoms with Gasteiger partial charge < -0.3 is 11.1 Å². The summed E-state index contributed by atoms with van der Waals surface area (Å²) >= 11 is 0. The molecule has 5 heteroatoms. The molecule has 1 aromatic heterocycles. The van der Waals surface area contributed by atoms with Crippen LogP contribution < -0.4 is 11.1 Å². The highest BCUT2D eigenvalue weighted by Crippen LogP contribution is 2.12. The maximum Gasteiger partial charge on any atom is 0.168 e. The Bertz CT molecular complexity index is 542. The molecule has 0 radical (unpaired) electrons. The molecule has 0 aliphatic carbocycles. The number of benzene rings is 1. The minimum Gasteiger partial charge on any atom is -0.381 e. The highest BCUT2D eigenvalue weighted by molar-refractivity contribution is 5.54. The quantitative estimate of drug-likeness (QED) is 0.867. The van der Waals surface area contributed by atoms with Crippen LogP contribution in [0.1, 0.15) is 11.1 Å². The van der Waals surface area contributed by atoms with E-state index in [-0.39, 0.29) is 5.82 Å². The van der Waals surface area contributed by atoms with Crippen LogP contribution in [0.25, 0.3) is 0 Å². The van der Waals surface area contributed by atoms with Crippen molar-refractivity contribution in [3.05, 3.63) is 47.5 Å². The van der Waals surface area contributed by atoms with E-state index in [1.165, 1.54) is 12.1 Å². The largest absolute Gasteiger partial charge is 0.381 e. The van der Waals surface area contributed by atoms with Gasteiger partial charge in [-0.2, -0.15) is 0 Å². The molecule has 0 fully saturated rings. The Morgan fingerprint density at radius 2 is 2.06 bits per heavy atom. The first-order chi connectivity index (χ1) is 8.66. The Balaban J connectivity index is 1.95. The van der Waals surface area contributed by atoms with Gasteiger partial charge in [0.15, 0.2) is 11.6 Å². The van der Waals surface area contributed by atoms with E-state index in [0.29, 0.717) is 18.2 Å². The molecular formula is C13H15FN4. The van der Waals surface area contributed by atoms with Crippen LogP contribution in [-0.2, 0) is 6.42 Å². The molecule has 0 aliphatic heterocycles. The lowest BCUT2D eigenvalue weighted by atomic mass is 10.1. The highest BCUT2D eigenvalue weighted by Gasteiger charge is 2.02. The predicted molar refractivity (Wildman–Crippen MR) is 69.8 cm³/mol. The van der Waals surface area contributed by atoms with Crippen molar-refractivity contribution in [3.63, 3.8) is 0 Å². The van der Waals surface area contributed by atoms with Gasteiger partial charge in [-0.05, 0) is 36.6 Å². The van der Waals surface area contributed by atoms with Crippen molar-refractivity contribution in [2.75, 3.05) is 17.6 Å². The maximum atomic E-state index is 12.9. The molecule has 0 amide bonds. The first kappa shape index (κ1) is 12.3. The molecule has 1 aromatic carbocycles. The zero-order valence-corrected chi connectivity index (χ0v) is 10.2. The number of hydrogen-bond acceptors (Lipinski definition) is 4. The average molecular weight is 246 g/mol. The summed E-state index contributed by atoms with van der Waals surface area (Å²) in [7, 11) is 0. The normalized spacial score (nSPS) is 10.3. The van der Waals surface area contributed by atoms with E-state index in [1.807, 2.05) is 6.92 Å². The maximum absolute atomic E-state index is 12.9. The Labute approximate surface area is 105 Å². The second-order valence-electron chi connectivity index (χ2n) is 4.04. The fourth-order valence-corrected chi connectivity index (χ4v) is 1.74. The lowest BCUT2D eigenvalue weighted by Crippen LogP contribution is -2.09. The molecule has 0 spiro atoms. The second kappa shape index (κ2) is 5.44. The van der Waals surface area contributed by atoms with Crippen molar-refractivity contribution in [3.8, 4) is 0 Å². The van der Waals surface area contributed by atoms with Gasteiger partial charge in [-0.3, -0.25) is 0 Å². The minimum absolute atomic E-state index is 0.206. The van der Waals surface area contributed by atoms with Gasteiger partial charge in [-0.1, -0.05) is 6.07 Å². The van der Waals surface area contributed by atoms with Gasteiger partial charge >= 0.3 is 0 Å². The van der Waals surface area contributed by atoms with E-state index in [1.54, 1.807) is 18.5 Å². The Kier molecular flexibility index (Phi) is 3.72. The minimum atomic E-state index is -0.206. The summed E-state index contributed by atoms with van der Waals surface area (Å²) in [6, 6.07) is 4.80. The number of nitrogen functional groups attached to an aromatic ring is 1. The molecule has 94 valence electrons. The second-order valence-corrected chi connectivity index (χ2v) is 4.04. The molecule has 0 bridgehead atoms. The number of aryl methyl sites for hydroxylation is 1. The molecule has 0 saturated carbocycles. The SMILES string of the molecule is Cc1cc(F)ccc1CCNc1nccnc1N. The summed E-state index contributed by atoms with van der Waals surface area (Å²) in [6.45, 7) is 2.57. The molecule has 2 rings (SSSR count). The van der Waals surface area contributed by atoms with E-state index >= 15 is 0 Å². The summed E-state index contributed by atoms with van der Waals surface area (Å²) in [5, 5.41) is 3.11. The molecule has 0 unspecified atom stereocenters. The van der Waals surface area contributed by atoms with Gasteiger partial charge in [0.25, 0.3) is 0 Å². The lowest BCUT2D eigenvalue weighted by molar-refractivity contribution is 0.625. The van der Waals surface area contributed by atoms with E-state index in [4.69, 9.17) is 5.73 Å². The summed E-state index contributed by atoms with van der Waals surface area (Å²) in [6.07, 6.45) is 3.91. The van der Waals surface area contributed by atoms with Crippen molar-refractivity contribution in [2.24, 2.45) is 0 Å². The van der Waals surface area contributed by atoms with Crippen molar-refractivity contribution in [1.82, 2.24) is 9.97 Å². The van der Waals surface area contributed by atoms with Gasteiger partial charge in [-0.15, -0.1) is 0 Å². The van der Waals surface area contributed by atoms with E-state index in [9.17, 15) is 4.39 Å². The van der Waals surface area contributed by atoms with Crippen molar-refractivity contribution >= 4 is 11.6 Å². The smallest absolute Gasteiger partial charge is 0.168 e. The van der Waals surface area contributed by atoms with E-state index < -0.39 is 0 Å². The van der Waals surface area contributed by atoms with Crippen LogP contribution in [0.3, 0.4) is 0 Å². The molecule has 1 heterocycles. The van der Waals surface area contributed by atoms with Crippen LogP contribution in [0.2, 0.25) is 0 Å². The Hall–Kier alpha value is -2.17. The van der Waals surface area contributed by atoms with Gasteiger partial charge in [0.1, 0.15) is 5.82 Å². The zero-order chi connectivity index (χ0) is 13.0. The molecule has 3 N–H and O–H groups in total. The lowest BCUT2D eigenvalue weighted by Gasteiger charge is -2.08. The van der Waals surface area contributed by atoms with Gasteiger partial charge in [-0.25, -0.2) is 14.4 Å². The number of anilines is 2. The number of halogens is 1. The van der Waals surface area contributed by atoms with Gasteiger partial charge in [0, 0.05) is 18.9 Å². The standard InChI is InChI=1S/C13H15FN4/c1-9-8-11(14)3-2-10(9)4-5-17-13-12(15)16-6-7-18-13/h2-3,6-8H,4-5H2,1H3,(H2,15,16)(H,17,18). The molecule has 4 nitrogen and oxygen atoms in total. The summed E-state index contributed by atoms with van der Waals surface area (Å²) in [4.78, 5) is 8.02. The fourth-order valence-electron chi connectivity index (χ4n) is 1.74. The summed E-state index contributed by atoms with van der Waals surface area (Å²) in [5.41, 5.74) is 7.72. The monoisotopic (exact) mass is 246 g/mol. The first-order valence-electron chi connectivity index (χ1n) is 5.72. The summed E-state index contributed by atoms with van der Waals surface area (Å²) in [5.74, 6) is 0.757. The van der Waals surface area contributed by atoms with Crippen LogP contribution in [0.4, 0.5) is 16.0 Å². The van der Waals surface area contributed by atoms with Gasteiger partial charge in [0.05, 0.1) is 0 Å². The average Bonchev–Trinajstić information content (AvgIpc) is 2.34. The molecule has 0 aliphatic rings. The van der Waals surface area contributed by atoms with Crippen LogP contribution in [0.15, 0.2) is 30.6 Å². The number of rotatable bonds is 4. The molecular weight excluding hydrogens is 231 g/mol. The van der Waals surface area contributed by atoms with Crippen LogP contribution in [0.5, 0.6) is 0 Å². The number of aromatic nitrogens is 2. The molecule has 0 atom stereocenters. The number of hydrogen-bond donors (Lipinski definition) is 2. The predicted octanol–water partition coefficient (Wildman–Crippen LogP) is 2.16. The van der Waals surface area contributed by atoms with Crippen molar-refractivity contribution in [2.45, 2.75) is 13.3 Å². The van der Waals surface area contributed by atoms with Crippen molar-refractivity contribution in [1.29, 1.82) is 0 Å². The number of nitrogens with one attached hydrogen (secondary N) is 1. The van der Waals surface area contributed by atoms with Crippen LogP contribution in [0, 0.1) is 12.7 Å². The van der Waals surface area contributed by atoms with Crippen LogP contribution in [-0.4, -0.2) is 16.5 Å². The van der Waals surface area contributed by atoms with Crippen molar-refractivity contribution < 1.29 is 4.39 Å². The van der Waals surface area contributed by atoms with Crippen LogP contribution >= 0.6 is 0 Å². The fraction of sp³-hybridized carbons (Fsp3) is 0.231. The number of nitrogens with zero attached hydrogens (tertiary/aromatic N) is 2. The third-order valence-corrected chi connectivity index (χ3v) is 2.72. The third kappa shape index (κ3) is 2.94. The summed E-state index contributed by atoms with van der Waals surface area (Å²) < 4.78 is 12.9.